The third-order valence-electron chi connectivity index (χ3n) is 2.56. The van der Waals surface area contributed by atoms with Gasteiger partial charge in [0.05, 0.1) is 22.1 Å². The van der Waals surface area contributed by atoms with Crippen LogP contribution in [-0.4, -0.2) is 9.97 Å². The van der Waals surface area contributed by atoms with Crippen molar-refractivity contribution in [2.75, 3.05) is 5.73 Å². The van der Waals surface area contributed by atoms with Crippen LogP contribution >= 0.6 is 15.9 Å². The van der Waals surface area contributed by atoms with Crippen LogP contribution in [-0.2, 0) is 6.42 Å². The Morgan fingerprint density at radius 3 is 2.83 bits per heavy atom. The maximum atomic E-state index is 13.2. The van der Waals surface area contributed by atoms with Crippen molar-refractivity contribution < 1.29 is 4.39 Å². The van der Waals surface area contributed by atoms with Crippen LogP contribution in [0.25, 0.3) is 11.4 Å². The van der Waals surface area contributed by atoms with Crippen LogP contribution in [0.1, 0.15) is 19.0 Å². The van der Waals surface area contributed by atoms with E-state index in [4.69, 9.17) is 5.73 Å². The second-order valence-electron chi connectivity index (χ2n) is 3.97. The normalized spacial score (nSPS) is 10.6. The van der Waals surface area contributed by atoms with Crippen LogP contribution in [0, 0.1) is 5.82 Å². The molecule has 1 aromatic carbocycles. The van der Waals surface area contributed by atoms with Crippen molar-refractivity contribution in [2.24, 2.45) is 0 Å². The maximum absolute atomic E-state index is 13.2. The first-order valence-electron chi connectivity index (χ1n) is 5.68. The molecule has 0 saturated heterocycles. The van der Waals surface area contributed by atoms with Gasteiger partial charge in [-0.25, -0.2) is 14.4 Å². The quantitative estimate of drug-likeness (QED) is 0.942. The first kappa shape index (κ1) is 13.0. The molecule has 1 aromatic heterocycles. The highest BCUT2D eigenvalue weighted by atomic mass is 79.9. The van der Waals surface area contributed by atoms with Crippen molar-refractivity contribution >= 4 is 21.6 Å². The van der Waals surface area contributed by atoms with Crippen molar-refractivity contribution in [1.82, 2.24) is 9.97 Å². The molecule has 94 valence electrons. The number of nitrogens with zero attached hydrogens (tertiary/aromatic N) is 2. The van der Waals surface area contributed by atoms with E-state index in [-0.39, 0.29) is 5.82 Å². The third kappa shape index (κ3) is 2.67. The van der Waals surface area contributed by atoms with Gasteiger partial charge in [-0.3, -0.25) is 0 Å². The molecule has 0 fully saturated rings. The van der Waals surface area contributed by atoms with Gasteiger partial charge in [-0.05, 0) is 40.5 Å². The molecule has 2 rings (SSSR count). The summed E-state index contributed by atoms with van der Waals surface area (Å²) in [6.07, 6.45) is 3.38. The molecular weight excluding hydrogens is 297 g/mol. The fourth-order valence-corrected chi connectivity index (χ4v) is 2.02. The molecule has 0 bridgehead atoms. The predicted molar refractivity (Wildman–Crippen MR) is 73.5 cm³/mol. The smallest absolute Gasteiger partial charge is 0.159 e. The monoisotopic (exact) mass is 309 g/mol. The van der Waals surface area contributed by atoms with Gasteiger partial charge in [0.15, 0.2) is 5.82 Å². The molecule has 0 aliphatic carbocycles. The average molecular weight is 310 g/mol. The van der Waals surface area contributed by atoms with Crippen molar-refractivity contribution in [1.29, 1.82) is 0 Å². The molecule has 5 heteroatoms. The summed E-state index contributed by atoms with van der Waals surface area (Å²) in [6, 6.07) is 4.70. The average Bonchev–Trinajstić information content (AvgIpc) is 2.36. The molecule has 0 aliphatic rings. The second-order valence-corrected chi connectivity index (χ2v) is 4.83. The molecule has 0 unspecified atom stereocenters. The SMILES string of the molecule is CCCc1nc(-c2ccc(F)c(Br)c2)ncc1N. The molecule has 18 heavy (non-hydrogen) atoms. The highest BCUT2D eigenvalue weighted by molar-refractivity contribution is 9.10. The summed E-state index contributed by atoms with van der Waals surface area (Å²) in [5.41, 5.74) is 8.01. The van der Waals surface area contributed by atoms with Crippen LogP contribution in [0.2, 0.25) is 0 Å². The Morgan fingerprint density at radius 1 is 1.39 bits per heavy atom. The summed E-state index contributed by atoms with van der Waals surface area (Å²) in [4.78, 5) is 8.61. The number of aryl methyl sites for hydroxylation is 1. The Morgan fingerprint density at radius 2 is 2.17 bits per heavy atom. The van der Waals surface area contributed by atoms with Crippen LogP contribution in [0.15, 0.2) is 28.9 Å². The van der Waals surface area contributed by atoms with E-state index in [1.54, 1.807) is 18.3 Å². The highest BCUT2D eigenvalue weighted by Gasteiger charge is 2.08. The summed E-state index contributed by atoms with van der Waals surface area (Å²) in [5.74, 6) is 0.260. The summed E-state index contributed by atoms with van der Waals surface area (Å²) in [6.45, 7) is 2.07. The Kier molecular flexibility index (Phi) is 3.91. The van der Waals surface area contributed by atoms with Crippen molar-refractivity contribution in [3.63, 3.8) is 0 Å². The standard InChI is InChI=1S/C13H13BrFN3/c1-2-3-12-11(16)7-17-13(18-12)8-4-5-10(15)9(14)6-8/h4-7H,2-3,16H2,1H3. The molecule has 0 spiro atoms. The topological polar surface area (TPSA) is 51.8 Å². The number of hydrogen-bond donors (Lipinski definition) is 1. The lowest BCUT2D eigenvalue weighted by Crippen LogP contribution is -2.01. The number of benzene rings is 1. The lowest BCUT2D eigenvalue weighted by atomic mass is 10.2. The minimum Gasteiger partial charge on any atom is -0.396 e. The molecule has 2 aromatic rings. The minimum absolute atomic E-state index is 0.303. The van der Waals surface area contributed by atoms with Gasteiger partial charge in [0.25, 0.3) is 0 Å². The van der Waals surface area contributed by atoms with Crippen LogP contribution < -0.4 is 5.73 Å². The van der Waals surface area contributed by atoms with Crippen molar-refractivity contribution in [3.8, 4) is 11.4 Å². The lowest BCUT2D eigenvalue weighted by molar-refractivity contribution is 0.621. The number of rotatable bonds is 3. The van der Waals surface area contributed by atoms with E-state index in [2.05, 4.69) is 32.8 Å². The number of nitrogen functional groups attached to an aromatic ring is 1. The van der Waals surface area contributed by atoms with Gasteiger partial charge in [0, 0.05) is 5.56 Å². The Balaban J connectivity index is 2.44. The van der Waals surface area contributed by atoms with E-state index >= 15 is 0 Å². The van der Waals surface area contributed by atoms with Gasteiger partial charge < -0.3 is 5.73 Å². The van der Waals surface area contributed by atoms with Crippen molar-refractivity contribution in [3.05, 3.63) is 40.4 Å². The molecule has 0 atom stereocenters. The fourth-order valence-electron chi connectivity index (χ4n) is 1.64. The maximum Gasteiger partial charge on any atom is 0.159 e. The van der Waals surface area contributed by atoms with E-state index in [1.165, 1.54) is 6.07 Å². The summed E-state index contributed by atoms with van der Waals surface area (Å²) in [7, 11) is 0. The van der Waals surface area contributed by atoms with E-state index in [1.807, 2.05) is 0 Å². The van der Waals surface area contributed by atoms with E-state index in [9.17, 15) is 4.39 Å². The highest BCUT2D eigenvalue weighted by Crippen LogP contribution is 2.24. The largest absolute Gasteiger partial charge is 0.396 e. The molecule has 0 aliphatic heterocycles. The Hall–Kier alpha value is -1.49. The molecule has 0 saturated carbocycles. The fraction of sp³-hybridized carbons (Fsp3) is 0.231. The first-order chi connectivity index (χ1) is 8.61. The Labute approximate surface area is 113 Å². The summed E-state index contributed by atoms with van der Waals surface area (Å²) < 4.78 is 13.6. The molecule has 0 radical (unpaired) electrons. The van der Waals surface area contributed by atoms with Crippen LogP contribution in [0.4, 0.5) is 10.1 Å². The molecule has 0 amide bonds. The molecule has 3 nitrogen and oxygen atoms in total. The zero-order valence-electron chi connectivity index (χ0n) is 9.95. The number of hydrogen-bond acceptors (Lipinski definition) is 3. The minimum atomic E-state index is -0.303. The zero-order valence-corrected chi connectivity index (χ0v) is 11.5. The van der Waals surface area contributed by atoms with Gasteiger partial charge in [-0.2, -0.15) is 0 Å². The van der Waals surface area contributed by atoms with Crippen molar-refractivity contribution in [2.45, 2.75) is 19.8 Å². The van der Waals surface area contributed by atoms with E-state index in [0.29, 0.717) is 16.0 Å². The lowest BCUT2D eigenvalue weighted by Gasteiger charge is -2.06. The number of halogens is 2. The predicted octanol–water partition coefficient (Wildman–Crippen LogP) is 3.58. The van der Waals surface area contributed by atoms with Gasteiger partial charge in [-0.15, -0.1) is 0 Å². The van der Waals surface area contributed by atoms with E-state index in [0.717, 1.165) is 24.1 Å². The second kappa shape index (κ2) is 5.44. The van der Waals surface area contributed by atoms with Gasteiger partial charge in [0.2, 0.25) is 0 Å². The number of anilines is 1. The van der Waals surface area contributed by atoms with E-state index < -0.39 is 0 Å². The number of nitrogens with two attached hydrogens (primary N) is 1. The Bertz CT molecular complexity index is 572. The third-order valence-corrected chi connectivity index (χ3v) is 3.17. The zero-order chi connectivity index (χ0) is 13.1. The van der Waals surface area contributed by atoms with Crippen LogP contribution in [0.3, 0.4) is 0 Å². The van der Waals surface area contributed by atoms with Crippen LogP contribution in [0.5, 0.6) is 0 Å². The van der Waals surface area contributed by atoms with Gasteiger partial charge in [0.1, 0.15) is 5.82 Å². The molecule has 2 N–H and O–H groups in total. The summed E-state index contributed by atoms with van der Waals surface area (Å²) >= 11 is 3.15. The molecule has 1 heterocycles. The number of aromatic nitrogens is 2. The van der Waals surface area contributed by atoms with Gasteiger partial charge in [-0.1, -0.05) is 13.3 Å². The summed E-state index contributed by atoms with van der Waals surface area (Å²) in [5, 5.41) is 0. The molecular formula is C13H13BrFN3. The first-order valence-corrected chi connectivity index (χ1v) is 6.48. The van der Waals surface area contributed by atoms with Gasteiger partial charge >= 0.3 is 0 Å².